The van der Waals surface area contributed by atoms with Crippen LogP contribution in [0.4, 0.5) is 0 Å². The number of rotatable bonds is 5. The van der Waals surface area contributed by atoms with Crippen LogP contribution < -0.4 is 4.74 Å². The predicted molar refractivity (Wildman–Crippen MR) is 74.5 cm³/mol. The van der Waals surface area contributed by atoms with Gasteiger partial charge in [0, 0.05) is 24.5 Å². The number of pyridine rings is 1. The van der Waals surface area contributed by atoms with Crippen LogP contribution in [0.5, 0.6) is 5.88 Å². The van der Waals surface area contributed by atoms with E-state index in [0.29, 0.717) is 5.88 Å². The second-order valence-electron chi connectivity index (χ2n) is 3.92. The van der Waals surface area contributed by atoms with Gasteiger partial charge in [-0.1, -0.05) is 6.92 Å². The molecule has 0 N–H and O–H groups in total. The molecule has 2 rings (SSSR count). The highest BCUT2D eigenvalue weighted by Gasteiger charge is 2.08. The smallest absolute Gasteiger partial charge is 0.213 e. The van der Waals surface area contributed by atoms with E-state index < -0.39 is 0 Å². The van der Waals surface area contributed by atoms with Crippen molar-refractivity contribution >= 4 is 19.6 Å². The number of methoxy groups -OCH3 is 1. The van der Waals surface area contributed by atoms with E-state index in [2.05, 4.69) is 35.5 Å². The number of aryl methyl sites for hydroxylation is 1. The number of fused-ring (bicyclic) bond motifs is 1. The average molecular weight is 250 g/mol. The summed E-state index contributed by atoms with van der Waals surface area (Å²) >= 11 is 0. The summed E-state index contributed by atoms with van der Waals surface area (Å²) in [5, 5.41) is 0. The minimum absolute atomic E-state index is 0.690. The minimum Gasteiger partial charge on any atom is -0.481 e. The van der Waals surface area contributed by atoms with E-state index in [1.807, 2.05) is 6.07 Å². The van der Waals surface area contributed by atoms with Crippen LogP contribution >= 0.6 is 8.58 Å². The molecule has 92 valence electrons. The molecular weight excluding hydrogens is 231 g/mol. The summed E-state index contributed by atoms with van der Waals surface area (Å²) in [6.07, 6.45) is 2.41. The summed E-state index contributed by atoms with van der Waals surface area (Å²) in [5.74, 6) is 0.690. The third kappa shape index (κ3) is 2.44. The molecule has 0 aromatic carbocycles. The van der Waals surface area contributed by atoms with Crippen molar-refractivity contribution in [3.05, 3.63) is 23.9 Å². The third-order valence-corrected chi connectivity index (χ3v) is 4.01. The molecule has 0 aliphatic carbocycles. The van der Waals surface area contributed by atoms with Crippen molar-refractivity contribution in [3.63, 3.8) is 0 Å². The van der Waals surface area contributed by atoms with Gasteiger partial charge in [0.25, 0.3) is 0 Å². The summed E-state index contributed by atoms with van der Waals surface area (Å²) in [6, 6.07) is 6.23. The van der Waals surface area contributed by atoms with Crippen LogP contribution in [0.2, 0.25) is 0 Å². The molecule has 3 nitrogen and oxygen atoms in total. The fourth-order valence-corrected chi connectivity index (χ4v) is 2.86. The maximum atomic E-state index is 5.17. The van der Waals surface area contributed by atoms with Crippen LogP contribution in [0.3, 0.4) is 0 Å². The molecule has 2 heterocycles. The molecule has 0 saturated carbocycles. The Morgan fingerprint density at radius 1 is 1.35 bits per heavy atom. The molecule has 0 radical (unpaired) electrons. The van der Waals surface area contributed by atoms with Crippen molar-refractivity contribution in [2.45, 2.75) is 26.6 Å². The SMILES string of the molecule is CCPCc1cc2nc(OC)ccc2n1CC. The Morgan fingerprint density at radius 3 is 2.82 bits per heavy atom. The Kier molecular flexibility index (Phi) is 4.01. The second-order valence-corrected chi connectivity index (χ2v) is 5.48. The molecule has 2 aromatic heterocycles. The van der Waals surface area contributed by atoms with E-state index >= 15 is 0 Å². The zero-order valence-electron chi connectivity index (χ0n) is 10.7. The van der Waals surface area contributed by atoms with Crippen LogP contribution in [0.1, 0.15) is 19.5 Å². The summed E-state index contributed by atoms with van der Waals surface area (Å²) < 4.78 is 7.52. The number of ether oxygens (including phenoxy) is 1. The number of hydrogen-bond donors (Lipinski definition) is 0. The van der Waals surface area contributed by atoms with E-state index in [-0.39, 0.29) is 0 Å². The fraction of sp³-hybridized carbons (Fsp3) is 0.462. The molecule has 1 unspecified atom stereocenters. The van der Waals surface area contributed by atoms with Gasteiger partial charge in [-0.3, -0.25) is 0 Å². The van der Waals surface area contributed by atoms with Gasteiger partial charge in [0.2, 0.25) is 5.88 Å². The van der Waals surface area contributed by atoms with Crippen LogP contribution in [-0.2, 0) is 12.7 Å². The molecule has 17 heavy (non-hydrogen) atoms. The van der Waals surface area contributed by atoms with Crippen LogP contribution in [0, 0.1) is 0 Å². The summed E-state index contributed by atoms with van der Waals surface area (Å²) in [7, 11) is 2.65. The van der Waals surface area contributed by atoms with Gasteiger partial charge in [-0.2, -0.15) is 0 Å². The first kappa shape index (κ1) is 12.4. The summed E-state index contributed by atoms with van der Waals surface area (Å²) in [6.45, 7) is 5.42. The van der Waals surface area contributed by atoms with E-state index in [4.69, 9.17) is 4.74 Å². The molecule has 4 heteroatoms. The number of nitrogens with zero attached hydrogens (tertiary/aromatic N) is 2. The predicted octanol–water partition coefficient (Wildman–Crippen LogP) is 3.26. The molecule has 0 saturated heterocycles. The highest BCUT2D eigenvalue weighted by molar-refractivity contribution is 7.37. The van der Waals surface area contributed by atoms with Gasteiger partial charge in [0.15, 0.2) is 0 Å². The zero-order chi connectivity index (χ0) is 12.3. The first-order valence-corrected chi connectivity index (χ1v) is 7.45. The van der Waals surface area contributed by atoms with E-state index in [1.165, 1.54) is 17.4 Å². The van der Waals surface area contributed by atoms with Gasteiger partial charge in [-0.15, -0.1) is 8.58 Å². The minimum atomic E-state index is 0.690. The van der Waals surface area contributed by atoms with Crippen LogP contribution in [0.25, 0.3) is 11.0 Å². The fourth-order valence-electron chi connectivity index (χ4n) is 2.06. The topological polar surface area (TPSA) is 27.1 Å². The lowest BCUT2D eigenvalue weighted by Crippen LogP contribution is -1.98. The Hall–Kier alpha value is -1.08. The molecule has 1 atom stereocenters. The maximum Gasteiger partial charge on any atom is 0.213 e. The molecule has 0 spiro atoms. The van der Waals surface area contributed by atoms with Gasteiger partial charge < -0.3 is 9.30 Å². The highest BCUT2D eigenvalue weighted by Crippen LogP contribution is 2.26. The quantitative estimate of drug-likeness (QED) is 0.761. The first-order chi connectivity index (χ1) is 8.30. The van der Waals surface area contributed by atoms with Gasteiger partial charge in [0.05, 0.1) is 18.1 Å². The van der Waals surface area contributed by atoms with Crippen molar-refractivity contribution in [1.82, 2.24) is 9.55 Å². The molecule has 0 amide bonds. The van der Waals surface area contributed by atoms with Crippen molar-refractivity contribution in [2.24, 2.45) is 0 Å². The van der Waals surface area contributed by atoms with Crippen molar-refractivity contribution < 1.29 is 4.74 Å². The summed E-state index contributed by atoms with van der Waals surface area (Å²) in [4.78, 5) is 4.49. The average Bonchev–Trinajstić information content (AvgIpc) is 2.72. The molecule has 0 bridgehead atoms. The summed E-state index contributed by atoms with van der Waals surface area (Å²) in [5.41, 5.74) is 3.65. The number of aromatic nitrogens is 2. The third-order valence-electron chi connectivity index (χ3n) is 2.90. The van der Waals surface area contributed by atoms with E-state index in [9.17, 15) is 0 Å². The Morgan fingerprint density at radius 2 is 2.18 bits per heavy atom. The monoisotopic (exact) mass is 250 g/mol. The van der Waals surface area contributed by atoms with Gasteiger partial charge in [0.1, 0.15) is 0 Å². The van der Waals surface area contributed by atoms with Crippen LogP contribution in [-0.4, -0.2) is 22.8 Å². The van der Waals surface area contributed by atoms with Crippen LogP contribution in [0.15, 0.2) is 18.2 Å². The van der Waals surface area contributed by atoms with Crippen molar-refractivity contribution in [3.8, 4) is 5.88 Å². The van der Waals surface area contributed by atoms with Gasteiger partial charge >= 0.3 is 0 Å². The Labute approximate surface area is 104 Å². The largest absolute Gasteiger partial charge is 0.481 e. The lowest BCUT2D eigenvalue weighted by molar-refractivity contribution is 0.399. The molecule has 0 fully saturated rings. The highest BCUT2D eigenvalue weighted by atomic mass is 31.1. The lowest BCUT2D eigenvalue weighted by Gasteiger charge is -2.07. The maximum absolute atomic E-state index is 5.17. The molecule has 0 aliphatic heterocycles. The first-order valence-electron chi connectivity index (χ1n) is 6.04. The normalized spacial score (nSPS) is 11.7. The van der Waals surface area contributed by atoms with Gasteiger partial charge in [-0.25, -0.2) is 4.98 Å². The standard InChI is InChI=1S/C13H19N2OP/c1-4-15-10(9-17-5-2)8-11-12(15)6-7-13(14-11)16-3/h6-8,17H,4-5,9H2,1-3H3. The Balaban J connectivity index is 2.46. The number of hydrogen-bond acceptors (Lipinski definition) is 2. The van der Waals surface area contributed by atoms with E-state index in [0.717, 1.165) is 26.8 Å². The molecule has 0 aliphatic rings. The van der Waals surface area contributed by atoms with Crippen molar-refractivity contribution in [1.29, 1.82) is 0 Å². The molecule has 2 aromatic rings. The molecular formula is C13H19N2OP. The van der Waals surface area contributed by atoms with Gasteiger partial charge in [-0.05, 0) is 25.2 Å². The lowest BCUT2D eigenvalue weighted by atomic mass is 10.4. The van der Waals surface area contributed by atoms with E-state index in [1.54, 1.807) is 7.11 Å². The Bertz CT molecular complexity index is 507. The zero-order valence-corrected chi connectivity index (χ0v) is 11.7. The van der Waals surface area contributed by atoms with Crippen molar-refractivity contribution in [2.75, 3.05) is 13.3 Å². The second kappa shape index (κ2) is 5.50.